The number of benzene rings is 2. The zero-order chi connectivity index (χ0) is 19.1. The van der Waals surface area contributed by atoms with Gasteiger partial charge in [0, 0.05) is 31.8 Å². The van der Waals surface area contributed by atoms with E-state index in [1.807, 2.05) is 24.3 Å². The highest BCUT2D eigenvalue weighted by Gasteiger charge is 2.15. The molecule has 3 rings (SSSR count). The molecule has 0 atom stereocenters. The van der Waals surface area contributed by atoms with E-state index < -0.39 is 0 Å². The van der Waals surface area contributed by atoms with Crippen LogP contribution < -0.4 is 15.5 Å². The summed E-state index contributed by atoms with van der Waals surface area (Å²) in [6, 6.07) is 14.8. The molecule has 1 aliphatic heterocycles. The maximum Gasteiger partial charge on any atom is 0.251 e. The molecule has 6 heteroatoms. The third-order valence-corrected chi connectivity index (χ3v) is 4.34. The Hall–Kier alpha value is -3.12. The second-order valence-corrected chi connectivity index (χ2v) is 6.14. The fourth-order valence-electron chi connectivity index (χ4n) is 2.90. The van der Waals surface area contributed by atoms with Gasteiger partial charge in [-0.15, -0.1) is 0 Å². The van der Waals surface area contributed by atoms with Crippen LogP contribution in [0, 0.1) is 0 Å². The maximum absolute atomic E-state index is 12.3. The molecule has 27 heavy (non-hydrogen) atoms. The van der Waals surface area contributed by atoms with Crippen molar-refractivity contribution in [2.75, 3.05) is 43.6 Å². The van der Waals surface area contributed by atoms with Gasteiger partial charge in [-0.25, -0.2) is 0 Å². The Morgan fingerprint density at radius 1 is 1.04 bits per heavy atom. The van der Waals surface area contributed by atoms with Gasteiger partial charge in [0.25, 0.3) is 5.91 Å². The first-order valence-electron chi connectivity index (χ1n) is 8.90. The number of carbonyl (C=O) groups excluding carboxylic acids is 2. The molecule has 0 spiro atoms. The molecule has 0 bridgehead atoms. The first-order valence-corrected chi connectivity index (χ1v) is 8.90. The number of para-hydroxylation sites is 2. The molecule has 2 N–H and O–H groups in total. The molecule has 1 saturated heterocycles. The average molecular weight is 365 g/mol. The zero-order valence-electron chi connectivity index (χ0n) is 15.3. The number of ether oxygens (including phenoxy) is 1. The molecule has 1 aliphatic rings. The lowest BCUT2D eigenvalue weighted by molar-refractivity contribution is -0.111. The molecular weight excluding hydrogens is 342 g/mol. The van der Waals surface area contributed by atoms with Crippen LogP contribution in [0.2, 0.25) is 0 Å². The summed E-state index contributed by atoms with van der Waals surface area (Å²) >= 11 is 0. The average Bonchev–Trinajstić information content (AvgIpc) is 2.73. The van der Waals surface area contributed by atoms with E-state index in [4.69, 9.17) is 4.74 Å². The van der Waals surface area contributed by atoms with Crippen LogP contribution in [0.25, 0.3) is 6.08 Å². The van der Waals surface area contributed by atoms with Crippen LogP contribution >= 0.6 is 0 Å². The lowest BCUT2D eigenvalue weighted by atomic mass is 10.1. The quantitative estimate of drug-likeness (QED) is 0.799. The molecule has 1 heterocycles. The number of nitrogens with zero attached hydrogens (tertiary/aromatic N) is 1. The van der Waals surface area contributed by atoms with Crippen molar-refractivity contribution >= 4 is 29.3 Å². The van der Waals surface area contributed by atoms with Crippen molar-refractivity contribution in [1.29, 1.82) is 0 Å². The van der Waals surface area contributed by atoms with Gasteiger partial charge in [-0.1, -0.05) is 24.3 Å². The third-order valence-electron chi connectivity index (χ3n) is 4.34. The number of amides is 2. The standard InChI is InChI=1S/C21H23N3O3/c1-22-21(26)17-9-6-16(7-10-17)8-11-20(25)23-18-4-2-3-5-19(18)24-12-14-27-15-13-24/h2-11H,12-15H2,1H3,(H,22,26)(H,23,25)/b11-8+. The molecule has 2 aromatic rings. The van der Waals surface area contributed by atoms with Crippen LogP contribution in [0.5, 0.6) is 0 Å². The van der Waals surface area contributed by atoms with Crippen LogP contribution in [0.15, 0.2) is 54.6 Å². The molecule has 2 amide bonds. The zero-order valence-corrected chi connectivity index (χ0v) is 15.3. The van der Waals surface area contributed by atoms with Gasteiger partial charge in [0.05, 0.1) is 24.6 Å². The smallest absolute Gasteiger partial charge is 0.251 e. The van der Waals surface area contributed by atoms with Gasteiger partial charge in [0.2, 0.25) is 5.91 Å². The number of anilines is 2. The Balaban J connectivity index is 1.65. The minimum Gasteiger partial charge on any atom is -0.378 e. The fourth-order valence-corrected chi connectivity index (χ4v) is 2.90. The number of rotatable bonds is 5. The Labute approximate surface area is 158 Å². The predicted molar refractivity (Wildman–Crippen MR) is 107 cm³/mol. The molecule has 0 saturated carbocycles. The van der Waals surface area contributed by atoms with Crippen LogP contribution in [0.3, 0.4) is 0 Å². The van der Waals surface area contributed by atoms with Gasteiger partial charge in [0.15, 0.2) is 0 Å². The normalized spacial score (nSPS) is 14.2. The number of morpholine rings is 1. The number of nitrogens with one attached hydrogen (secondary N) is 2. The number of hydrogen-bond acceptors (Lipinski definition) is 4. The molecule has 0 aliphatic carbocycles. The molecule has 2 aromatic carbocycles. The van der Waals surface area contributed by atoms with Crippen molar-refractivity contribution in [2.45, 2.75) is 0 Å². The summed E-state index contributed by atoms with van der Waals surface area (Å²) in [6.07, 6.45) is 3.21. The molecule has 140 valence electrons. The van der Waals surface area contributed by atoms with Crippen LogP contribution in [0.1, 0.15) is 15.9 Å². The highest BCUT2D eigenvalue weighted by Crippen LogP contribution is 2.26. The highest BCUT2D eigenvalue weighted by molar-refractivity contribution is 6.04. The minimum atomic E-state index is -0.203. The lowest BCUT2D eigenvalue weighted by Gasteiger charge is -2.30. The first-order chi connectivity index (χ1) is 13.2. The Kier molecular flexibility index (Phi) is 6.22. The third kappa shape index (κ3) is 4.95. The van der Waals surface area contributed by atoms with E-state index in [1.54, 1.807) is 37.4 Å². The first kappa shape index (κ1) is 18.7. The van der Waals surface area contributed by atoms with Gasteiger partial charge in [-0.05, 0) is 35.9 Å². The summed E-state index contributed by atoms with van der Waals surface area (Å²) in [7, 11) is 1.59. The van der Waals surface area contributed by atoms with Gasteiger partial charge < -0.3 is 20.3 Å². The molecule has 6 nitrogen and oxygen atoms in total. The van der Waals surface area contributed by atoms with E-state index in [1.165, 1.54) is 6.08 Å². The summed E-state index contributed by atoms with van der Waals surface area (Å²) < 4.78 is 5.39. The van der Waals surface area contributed by atoms with Crippen molar-refractivity contribution in [1.82, 2.24) is 5.32 Å². The molecule has 0 unspecified atom stereocenters. The predicted octanol–water partition coefficient (Wildman–Crippen LogP) is 2.53. The van der Waals surface area contributed by atoms with Gasteiger partial charge in [-0.2, -0.15) is 0 Å². The van der Waals surface area contributed by atoms with Crippen molar-refractivity contribution in [3.05, 3.63) is 65.7 Å². The second-order valence-electron chi connectivity index (χ2n) is 6.14. The highest BCUT2D eigenvalue weighted by atomic mass is 16.5. The van der Waals surface area contributed by atoms with Crippen LogP contribution in [0.4, 0.5) is 11.4 Å². The van der Waals surface area contributed by atoms with Crippen LogP contribution in [-0.4, -0.2) is 45.2 Å². The van der Waals surface area contributed by atoms with Gasteiger partial charge in [0.1, 0.15) is 0 Å². The van der Waals surface area contributed by atoms with Gasteiger partial charge >= 0.3 is 0 Å². The molecule has 1 fully saturated rings. The SMILES string of the molecule is CNC(=O)c1ccc(/C=C/C(=O)Nc2ccccc2N2CCOCC2)cc1. The van der Waals surface area contributed by atoms with Gasteiger partial charge in [-0.3, -0.25) is 9.59 Å². The fraction of sp³-hybridized carbons (Fsp3) is 0.238. The van der Waals surface area contributed by atoms with Crippen molar-refractivity contribution in [3.8, 4) is 0 Å². The largest absolute Gasteiger partial charge is 0.378 e. The Morgan fingerprint density at radius 3 is 2.44 bits per heavy atom. The number of carbonyl (C=O) groups is 2. The summed E-state index contributed by atoms with van der Waals surface area (Å²) in [5.74, 6) is -0.339. The minimum absolute atomic E-state index is 0.136. The Morgan fingerprint density at radius 2 is 1.74 bits per heavy atom. The second kappa shape index (κ2) is 9.00. The molecule has 0 aromatic heterocycles. The summed E-state index contributed by atoms with van der Waals surface area (Å²) in [4.78, 5) is 26.1. The van der Waals surface area contributed by atoms with E-state index in [0.29, 0.717) is 18.8 Å². The van der Waals surface area contributed by atoms with Crippen LogP contribution in [-0.2, 0) is 9.53 Å². The molecular formula is C21H23N3O3. The Bertz CT molecular complexity index is 825. The topological polar surface area (TPSA) is 70.7 Å². The van der Waals surface area contributed by atoms with Crippen molar-refractivity contribution < 1.29 is 14.3 Å². The van der Waals surface area contributed by atoms with Crippen molar-refractivity contribution in [2.24, 2.45) is 0 Å². The summed E-state index contributed by atoms with van der Waals surface area (Å²) in [5.41, 5.74) is 3.21. The summed E-state index contributed by atoms with van der Waals surface area (Å²) in [5, 5.41) is 5.52. The lowest BCUT2D eigenvalue weighted by Crippen LogP contribution is -2.36. The van der Waals surface area contributed by atoms with E-state index in [-0.39, 0.29) is 11.8 Å². The maximum atomic E-state index is 12.3. The van der Waals surface area contributed by atoms with E-state index >= 15 is 0 Å². The summed E-state index contributed by atoms with van der Waals surface area (Å²) in [6.45, 7) is 2.99. The number of hydrogen-bond donors (Lipinski definition) is 2. The van der Waals surface area contributed by atoms with E-state index in [9.17, 15) is 9.59 Å². The van der Waals surface area contributed by atoms with E-state index in [0.717, 1.165) is 30.0 Å². The molecule has 0 radical (unpaired) electrons. The van der Waals surface area contributed by atoms with Crippen molar-refractivity contribution in [3.63, 3.8) is 0 Å². The van der Waals surface area contributed by atoms with E-state index in [2.05, 4.69) is 15.5 Å². The monoisotopic (exact) mass is 365 g/mol.